The lowest BCUT2D eigenvalue weighted by molar-refractivity contribution is -0.130. The van der Waals surface area contributed by atoms with Gasteiger partial charge in [-0.05, 0) is 43.1 Å². The van der Waals surface area contributed by atoms with Crippen LogP contribution >= 0.6 is 0 Å². The van der Waals surface area contributed by atoms with Crippen LogP contribution in [0.5, 0.6) is 5.88 Å². The SMILES string of the molecule is CC1(Cn2c(=O)c(C(N)=O)c(O)n3nc(C4CC4/C=C/C(=O)N4C[C@H]5C[C@@H]4CO5)cc23)CC1. The Kier molecular flexibility index (Phi) is 4.30. The molecular weight excluding hydrogens is 426 g/mol. The average molecular weight is 453 g/mol. The second kappa shape index (κ2) is 6.93. The number of carbonyl (C=O) groups excluding carboxylic acids is 2. The van der Waals surface area contributed by atoms with Crippen molar-refractivity contribution >= 4 is 17.5 Å². The van der Waals surface area contributed by atoms with Crippen LogP contribution in [-0.2, 0) is 16.1 Å². The molecule has 4 fully saturated rings. The number of carbonyl (C=O) groups is 2. The van der Waals surface area contributed by atoms with Crippen LogP contribution in [0.4, 0.5) is 0 Å². The maximum atomic E-state index is 13.0. The van der Waals surface area contributed by atoms with Gasteiger partial charge in [-0.3, -0.25) is 19.0 Å². The Morgan fingerprint density at radius 3 is 2.79 bits per heavy atom. The molecule has 6 rings (SSSR count). The molecule has 4 aliphatic rings. The zero-order valence-electron chi connectivity index (χ0n) is 18.4. The molecule has 2 aliphatic carbocycles. The summed E-state index contributed by atoms with van der Waals surface area (Å²) in [5.74, 6) is -1.24. The quantitative estimate of drug-likeness (QED) is 0.621. The first kappa shape index (κ1) is 20.5. The van der Waals surface area contributed by atoms with Gasteiger partial charge in [-0.1, -0.05) is 13.0 Å². The van der Waals surface area contributed by atoms with Gasteiger partial charge in [0, 0.05) is 25.1 Å². The molecule has 10 nitrogen and oxygen atoms in total. The zero-order chi connectivity index (χ0) is 23.1. The van der Waals surface area contributed by atoms with Gasteiger partial charge in [0.05, 0.1) is 24.4 Å². The van der Waals surface area contributed by atoms with Crippen LogP contribution in [0.1, 0.15) is 54.6 Å². The number of nitrogens with two attached hydrogens (primary N) is 1. The Balaban J connectivity index is 1.27. The van der Waals surface area contributed by atoms with E-state index in [1.165, 1.54) is 9.08 Å². The summed E-state index contributed by atoms with van der Waals surface area (Å²) in [5, 5.41) is 15.1. The van der Waals surface area contributed by atoms with Gasteiger partial charge in [-0.15, -0.1) is 0 Å². The topological polar surface area (TPSA) is 132 Å². The molecule has 2 aromatic heterocycles. The summed E-state index contributed by atoms with van der Waals surface area (Å²) in [5.41, 5.74) is 5.52. The number of fused-ring (bicyclic) bond motifs is 3. The van der Waals surface area contributed by atoms with Crippen molar-refractivity contribution in [3.05, 3.63) is 39.8 Å². The zero-order valence-corrected chi connectivity index (χ0v) is 18.4. The molecular formula is C23H27N5O5. The van der Waals surface area contributed by atoms with E-state index in [1.54, 1.807) is 12.1 Å². The molecule has 2 saturated carbocycles. The van der Waals surface area contributed by atoms with Gasteiger partial charge in [0.25, 0.3) is 11.5 Å². The number of allylic oxidation sites excluding steroid dienone is 1. The maximum Gasteiger partial charge on any atom is 0.270 e. The number of hydrogen-bond donors (Lipinski definition) is 2. The van der Waals surface area contributed by atoms with Crippen LogP contribution in [0, 0.1) is 11.3 Å². The molecule has 2 aliphatic heterocycles. The third-order valence-electron chi connectivity index (χ3n) is 7.65. The van der Waals surface area contributed by atoms with Gasteiger partial charge in [0.15, 0.2) is 5.56 Å². The molecule has 2 amide bonds. The van der Waals surface area contributed by atoms with Gasteiger partial charge >= 0.3 is 0 Å². The summed E-state index contributed by atoms with van der Waals surface area (Å²) >= 11 is 0. The van der Waals surface area contributed by atoms with E-state index in [0.717, 1.165) is 31.4 Å². The highest BCUT2D eigenvalue weighted by molar-refractivity contribution is 5.95. The predicted octanol–water partition coefficient (Wildman–Crippen LogP) is 0.760. The number of aromatic nitrogens is 3. The highest BCUT2D eigenvalue weighted by Crippen LogP contribution is 2.49. The number of amides is 2. The maximum absolute atomic E-state index is 13.0. The molecule has 2 saturated heterocycles. The number of likely N-dealkylation sites (tertiary alicyclic amines) is 1. The first-order valence-electron chi connectivity index (χ1n) is 11.5. The molecule has 2 aromatic rings. The minimum absolute atomic E-state index is 0.00802. The lowest BCUT2D eigenvalue weighted by atomic mass is 10.1. The fraction of sp³-hybridized carbons (Fsp3) is 0.565. The van der Waals surface area contributed by atoms with E-state index in [9.17, 15) is 19.5 Å². The van der Waals surface area contributed by atoms with Crippen molar-refractivity contribution in [2.45, 2.75) is 57.2 Å². The van der Waals surface area contributed by atoms with Gasteiger partial charge in [0.1, 0.15) is 5.65 Å². The standard InChI is InChI=1S/C23H27N5O5/c1-23(4-5-23)11-27-17-8-16(25-28(17)22(32)19(20(24)30)21(27)31)15-6-12(15)2-3-18(29)26-9-14-7-13(26)10-33-14/h2-3,8,12-15,32H,4-7,9-11H2,1H3,(H2,24,30)/b3-2+/t12?,13-,14-,15?/m1/s1. The van der Waals surface area contributed by atoms with Crippen molar-refractivity contribution in [3.8, 4) is 5.88 Å². The van der Waals surface area contributed by atoms with Crippen molar-refractivity contribution < 1.29 is 19.4 Å². The van der Waals surface area contributed by atoms with Crippen molar-refractivity contribution in [1.29, 1.82) is 0 Å². The third kappa shape index (κ3) is 3.35. The molecule has 0 radical (unpaired) electrons. The molecule has 0 spiro atoms. The first-order valence-corrected chi connectivity index (χ1v) is 11.5. The van der Waals surface area contributed by atoms with E-state index in [1.807, 2.05) is 11.0 Å². The van der Waals surface area contributed by atoms with Gasteiger partial charge < -0.3 is 20.5 Å². The normalized spacial score (nSPS) is 29.3. The molecule has 4 heterocycles. The summed E-state index contributed by atoms with van der Waals surface area (Å²) in [6.45, 7) is 3.80. The minimum atomic E-state index is -0.974. The Bertz CT molecular complexity index is 1270. The summed E-state index contributed by atoms with van der Waals surface area (Å²) in [6.07, 6.45) is 7.48. The van der Waals surface area contributed by atoms with E-state index in [-0.39, 0.29) is 35.3 Å². The Labute approximate surface area is 189 Å². The van der Waals surface area contributed by atoms with Gasteiger partial charge in [-0.2, -0.15) is 9.61 Å². The Morgan fingerprint density at radius 1 is 1.36 bits per heavy atom. The average Bonchev–Trinajstić information content (AvgIpc) is 3.50. The van der Waals surface area contributed by atoms with Crippen LogP contribution < -0.4 is 11.3 Å². The van der Waals surface area contributed by atoms with Gasteiger partial charge in [-0.25, -0.2) is 0 Å². The largest absolute Gasteiger partial charge is 0.492 e. The Hall–Kier alpha value is -3.14. The second-order valence-corrected chi connectivity index (χ2v) is 10.3. The monoisotopic (exact) mass is 453 g/mol. The highest BCUT2D eigenvalue weighted by atomic mass is 16.5. The predicted molar refractivity (Wildman–Crippen MR) is 117 cm³/mol. The number of aromatic hydroxyl groups is 1. The van der Waals surface area contributed by atoms with Crippen molar-refractivity contribution in [3.63, 3.8) is 0 Å². The number of ether oxygens (including phenoxy) is 1. The van der Waals surface area contributed by atoms with Crippen LogP contribution in [0.2, 0.25) is 0 Å². The van der Waals surface area contributed by atoms with Crippen LogP contribution in [-0.4, -0.2) is 61.3 Å². The minimum Gasteiger partial charge on any atom is -0.492 e. The number of rotatable bonds is 6. The molecule has 2 unspecified atom stereocenters. The fourth-order valence-electron chi connectivity index (χ4n) is 5.22. The van der Waals surface area contributed by atoms with E-state index < -0.39 is 22.9 Å². The molecule has 33 heavy (non-hydrogen) atoms. The smallest absolute Gasteiger partial charge is 0.270 e. The Morgan fingerprint density at radius 2 is 2.15 bits per heavy atom. The third-order valence-corrected chi connectivity index (χ3v) is 7.65. The molecule has 3 N–H and O–H groups in total. The van der Waals surface area contributed by atoms with Gasteiger partial charge in [0.2, 0.25) is 11.8 Å². The lowest BCUT2D eigenvalue weighted by Gasteiger charge is -2.25. The van der Waals surface area contributed by atoms with E-state index in [4.69, 9.17) is 10.5 Å². The number of primary amides is 1. The number of hydrogen-bond acceptors (Lipinski definition) is 6. The number of nitrogens with zero attached hydrogens (tertiary/aromatic N) is 4. The van der Waals surface area contributed by atoms with E-state index in [0.29, 0.717) is 25.3 Å². The summed E-state index contributed by atoms with van der Waals surface area (Å²) in [6, 6.07) is 1.99. The lowest BCUT2D eigenvalue weighted by Crippen LogP contribution is -2.40. The summed E-state index contributed by atoms with van der Waals surface area (Å²) < 4.78 is 8.30. The van der Waals surface area contributed by atoms with E-state index >= 15 is 0 Å². The molecule has 2 bridgehead atoms. The van der Waals surface area contributed by atoms with Crippen molar-refractivity contribution in [1.82, 2.24) is 19.1 Å². The van der Waals surface area contributed by atoms with E-state index in [2.05, 4.69) is 12.0 Å². The molecule has 0 aromatic carbocycles. The van der Waals surface area contributed by atoms with Crippen LogP contribution in [0.3, 0.4) is 0 Å². The first-order chi connectivity index (χ1) is 15.7. The van der Waals surface area contributed by atoms with Crippen LogP contribution in [0.15, 0.2) is 23.0 Å². The molecule has 174 valence electrons. The fourth-order valence-corrected chi connectivity index (χ4v) is 5.22. The second-order valence-electron chi connectivity index (χ2n) is 10.3. The van der Waals surface area contributed by atoms with Crippen molar-refractivity contribution in [2.24, 2.45) is 17.1 Å². The summed E-state index contributed by atoms with van der Waals surface area (Å²) in [7, 11) is 0. The molecule has 10 heteroatoms. The highest BCUT2D eigenvalue weighted by Gasteiger charge is 2.43. The van der Waals surface area contributed by atoms with Crippen molar-refractivity contribution in [2.75, 3.05) is 13.2 Å². The molecule has 4 atom stereocenters. The summed E-state index contributed by atoms with van der Waals surface area (Å²) in [4.78, 5) is 39.3. The van der Waals surface area contributed by atoms with Crippen LogP contribution in [0.25, 0.3) is 5.65 Å². The number of morpholine rings is 1.